The molecular weight excluding hydrogens is 144 g/mol. The standard InChI is InChI=1S/C12H20/c1-5-8-12(4)10-7-9-11(3)6-2/h5-9,12H,10H2,1-4H3. The molecule has 0 aromatic rings. The normalized spacial score (nSPS) is 16.2. The van der Waals surface area contributed by atoms with Crippen molar-refractivity contribution in [2.24, 2.45) is 5.92 Å². The van der Waals surface area contributed by atoms with E-state index in [-0.39, 0.29) is 0 Å². The highest BCUT2D eigenvalue weighted by Crippen LogP contribution is 2.05. The summed E-state index contributed by atoms with van der Waals surface area (Å²) in [5, 5.41) is 0. The van der Waals surface area contributed by atoms with Gasteiger partial charge in [0.1, 0.15) is 0 Å². The lowest BCUT2D eigenvalue weighted by molar-refractivity contribution is 0.743. The second-order valence-electron chi connectivity index (χ2n) is 3.17. The molecule has 0 nitrogen and oxygen atoms in total. The van der Waals surface area contributed by atoms with Gasteiger partial charge in [0.25, 0.3) is 0 Å². The molecule has 0 saturated carbocycles. The molecule has 0 aromatic carbocycles. The van der Waals surface area contributed by atoms with E-state index in [2.05, 4.69) is 58.1 Å². The summed E-state index contributed by atoms with van der Waals surface area (Å²) >= 11 is 0. The third-order valence-electron chi connectivity index (χ3n) is 1.86. The number of allylic oxidation sites excluding steroid dienone is 6. The van der Waals surface area contributed by atoms with E-state index in [4.69, 9.17) is 0 Å². The van der Waals surface area contributed by atoms with Crippen molar-refractivity contribution in [1.82, 2.24) is 0 Å². The largest absolute Gasteiger partial charge is 0.0914 e. The second kappa shape index (κ2) is 6.90. The molecule has 12 heavy (non-hydrogen) atoms. The van der Waals surface area contributed by atoms with Gasteiger partial charge >= 0.3 is 0 Å². The van der Waals surface area contributed by atoms with Gasteiger partial charge < -0.3 is 0 Å². The van der Waals surface area contributed by atoms with E-state index >= 15 is 0 Å². The highest BCUT2D eigenvalue weighted by molar-refractivity contribution is 5.14. The van der Waals surface area contributed by atoms with Crippen LogP contribution >= 0.6 is 0 Å². The van der Waals surface area contributed by atoms with Crippen LogP contribution < -0.4 is 0 Å². The van der Waals surface area contributed by atoms with E-state index in [1.165, 1.54) is 5.57 Å². The highest BCUT2D eigenvalue weighted by Gasteiger charge is 1.90. The van der Waals surface area contributed by atoms with Crippen LogP contribution in [0.4, 0.5) is 0 Å². The zero-order chi connectivity index (χ0) is 9.40. The molecule has 0 aliphatic carbocycles. The first-order valence-electron chi connectivity index (χ1n) is 4.63. The Hall–Kier alpha value is -0.780. The smallest absolute Gasteiger partial charge is 0.0227 e. The third kappa shape index (κ3) is 5.96. The molecule has 68 valence electrons. The van der Waals surface area contributed by atoms with Gasteiger partial charge in [-0.05, 0) is 33.1 Å². The van der Waals surface area contributed by atoms with Gasteiger partial charge in [-0.2, -0.15) is 0 Å². The predicted molar refractivity (Wildman–Crippen MR) is 57.2 cm³/mol. The molecule has 0 radical (unpaired) electrons. The Morgan fingerprint density at radius 2 is 2.00 bits per heavy atom. The lowest BCUT2D eigenvalue weighted by Gasteiger charge is -1.99. The molecule has 0 heterocycles. The maximum absolute atomic E-state index is 2.24. The fourth-order valence-electron chi connectivity index (χ4n) is 0.972. The first-order chi connectivity index (χ1) is 5.70. The summed E-state index contributed by atoms with van der Waals surface area (Å²) in [6.45, 7) is 8.48. The van der Waals surface area contributed by atoms with Gasteiger partial charge in [0.2, 0.25) is 0 Å². The van der Waals surface area contributed by atoms with E-state index in [0.717, 1.165) is 6.42 Å². The van der Waals surface area contributed by atoms with Crippen LogP contribution in [0.15, 0.2) is 36.0 Å². The van der Waals surface area contributed by atoms with E-state index in [1.807, 2.05) is 0 Å². The monoisotopic (exact) mass is 164 g/mol. The molecule has 0 N–H and O–H groups in total. The van der Waals surface area contributed by atoms with Crippen LogP contribution in [0, 0.1) is 5.92 Å². The van der Waals surface area contributed by atoms with Crippen LogP contribution in [0.3, 0.4) is 0 Å². The Labute approximate surface area is 76.7 Å². The molecule has 0 heteroatoms. The topological polar surface area (TPSA) is 0 Å². The second-order valence-corrected chi connectivity index (χ2v) is 3.17. The Balaban J connectivity index is 3.74. The van der Waals surface area contributed by atoms with Crippen LogP contribution in [0.1, 0.15) is 34.1 Å². The van der Waals surface area contributed by atoms with E-state index in [1.54, 1.807) is 0 Å². The summed E-state index contributed by atoms with van der Waals surface area (Å²) in [5.74, 6) is 0.663. The fourth-order valence-corrected chi connectivity index (χ4v) is 0.972. The Morgan fingerprint density at radius 1 is 1.33 bits per heavy atom. The maximum Gasteiger partial charge on any atom is -0.0227 e. The van der Waals surface area contributed by atoms with Crippen LogP contribution in [0.5, 0.6) is 0 Å². The molecule has 0 bridgehead atoms. The first kappa shape index (κ1) is 11.2. The molecule has 0 aliphatic heterocycles. The molecule has 0 fully saturated rings. The SMILES string of the molecule is CC=CC(C)CC=CC(C)=CC. The summed E-state index contributed by atoms with van der Waals surface area (Å²) < 4.78 is 0. The lowest BCUT2D eigenvalue weighted by Crippen LogP contribution is -1.84. The maximum atomic E-state index is 2.24. The Bertz CT molecular complexity index is 182. The molecule has 1 atom stereocenters. The van der Waals surface area contributed by atoms with E-state index in [9.17, 15) is 0 Å². The van der Waals surface area contributed by atoms with Gasteiger partial charge in [-0.3, -0.25) is 0 Å². The van der Waals surface area contributed by atoms with Crippen molar-refractivity contribution in [3.8, 4) is 0 Å². The number of hydrogen-bond acceptors (Lipinski definition) is 0. The Kier molecular flexibility index (Phi) is 6.45. The molecule has 1 unspecified atom stereocenters. The van der Waals surface area contributed by atoms with Crippen LogP contribution in [-0.2, 0) is 0 Å². The number of hydrogen-bond donors (Lipinski definition) is 0. The summed E-state index contributed by atoms with van der Waals surface area (Å²) in [4.78, 5) is 0. The highest BCUT2D eigenvalue weighted by atomic mass is 14.0. The minimum Gasteiger partial charge on any atom is -0.0914 e. The zero-order valence-corrected chi connectivity index (χ0v) is 8.67. The average molecular weight is 164 g/mol. The van der Waals surface area contributed by atoms with Gasteiger partial charge in [-0.1, -0.05) is 42.9 Å². The molecule has 0 aromatic heterocycles. The average Bonchev–Trinajstić information content (AvgIpc) is 2.04. The van der Waals surface area contributed by atoms with Crippen molar-refractivity contribution in [2.45, 2.75) is 34.1 Å². The molecular formula is C12H20. The van der Waals surface area contributed by atoms with Crippen LogP contribution in [0.2, 0.25) is 0 Å². The van der Waals surface area contributed by atoms with Crippen molar-refractivity contribution >= 4 is 0 Å². The summed E-state index contributed by atoms with van der Waals surface area (Å²) in [6.07, 6.45) is 12.0. The molecule has 0 saturated heterocycles. The summed E-state index contributed by atoms with van der Waals surface area (Å²) in [5.41, 5.74) is 1.34. The third-order valence-corrected chi connectivity index (χ3v) is 1.86. The van der Waals surface area contributed by atoms with Crippen LogP contribution in [-0.4, -0.2) is 0 Å². The predicted octanol–water partition coefficient (Wildman–Crippen LogP) is 4.11. The molecule has 0 rings (SSSR count). The minimum absolute atomic E-state index is 0.663. The van der Waals surface area contributed by atoms with E-state index < -0.39 is 0 Å². The first-order valence-corrected chi connectivity index (χ1v) is 4.63. The molecule has 0 spiro atoms. The van der Waals surface area contributed by atoms with Gasteiger partial charge in [-0.25, -0.2) is 0 Å². The molecule has 0 amide bonds. The van der Waals surface area contributed by atoms with Crippen molar-refractivity contribution in [3.63, 3.8) is 0 Å². The number of rotatable bonds is 4. The zero-order valence-electron chi connectivity index (χ0n) is 8.67. The summed E-state index contributed by atoms with van der Waals surface area (Å²) in [7, 11) is 0. The Morgan fingerprint density at radius 3 is 2.50 bits per heavy atom. The summed E-state index contributed by atoms with van der Waals surface area (Å²) in [6, 6.07) is 0. The van der Waals surface area contributed by atoms with Crippen molar-refractivity contribution < 1.29 is 0 Å². The van der Waals surface area contributed by atoms with Crippen LogP contribution in [0.25, 0.3) is 0 Å². The van der Waals surface area contributed by atoms with Crippen molar-refractivity contribution in [1.29, 1.82) is 0 Å². The van der Waals surface area contributed by atoms with Crippen molar-refractivity contribution in [3.05, 3.63) is 36.0 Å². The van der Waals surface area contributed by atoms with Crippen molar-refractivity contribution in [2.75, 3.05) is 0 Å². The van der Waals surface area contributed by atoms with Gasteiger partial charge in [0, 0.05) is 0 Å². The fraction of sp³-hybridized carbons (Fsp3) is 0.500. The van der Waals surface area contributed by atoms with Gasteiger partial charge in [-0.15, -0.1) is 0 Å². The quantitative estimate of drug-likeness (QED) is 0.433. The minimum atomic E-state index is 0.663. The molecule has 0 aliphatic rings. The lowest BCUT2D eigenvalue weighted by atomic mass is 10.1. The van der Waals surface area contributed by atoms with Gasteiger partial charge in [0.05, 0.1) is 0 Å². The van der Waals surface area contributed by atoms with Gasteiger partial charge in [0.15, 0.2) is 0 Å². The van der Waals surface area contributed by atoms with E-state index in [0.29, 0.717) is 5.92 Å².